The first-order valence-corrected chi connectivity index (χ1v) is 6.38. The summed E-state index contributed by atoms with van der Waals surface area (Å²) in [4.78, 5) is 3.66. The van der Waals surface area contributed by atoms with Gasteiger partial charge < -0.3 is 0 Å². The average Bonchev–Trinajstić information content (AvgIpc) is 2.93. The molecule has 0 radical (unpaired) electrons. The lowest BCUT2D eigenvalue weighted by Crippen LogP contribution is -2.43. The second-order valence-electron chi connectivity index (χ2n) is 4.22. The third kappa shape index (κ3) is 2.25. The van der Waals surface area contributed by atoms with E-state index in [1.165, 1.54) is 0 Å². The van der Waals surface area contributed by atoms with Gasteiger partial charge in [-0.3, -0.25) is 0 Å². The molecule has 3 rings (SSSR count). The highest BCUT2D eigenvalue weighted by molar-refractivity contribution is 5.28. The molecule has 94 valence electrons. The minimum Gasteiger partial charge on any atom is -0.0621 e. The van der Waals surface area contributed by atoms with Gasteiger partial charge in [0.05, 0.1) is 5.10 Å². The van der Waals surface area contributed by atoms with Crippen molar-refractivity contribution in [1.29, 1.82) is 0 Å². The Morgan fingerprint density at radius 2 is 1.58 bits per heavy atom. The van der Waals surface area contributed by atoms with E-state index < -0.39 is 0 Å². The fraction of sp³-hybridized carbons (Fsp3) is 0.133. The summed E-state index contributed by atoms with van der Waals surface area (Å²) in [6, 6.07) is 20.1. The highest BCUT2D eigenvalue weighted by atomic mass is 15.7. The van der Waals surface area contributed by atoms with Gasteiger partial charge in [-0.25, -0.2) is 0 Å². The van der Waals surface area contributed by atoms with E-state index in [-0.39, 0.29) is 0 Å². The van der Waals surface area contributed by atoms with E-state index in [1.807, 2.05) is 70.3 Å². The first-order valence-electron chi connectivity index (χ1n) is 6.38. The Morgan fingerprint density at radius 1 is 0.947 bits per heavy atom. The van der Waals surface area contributed by atoms with Gasteiger partial charge in [-0.15, -0.1) is 0 Å². The van der Waals surface area contributed by atoms with Crippen molar-refractivity contribution in [2.24, 2.45) is 0 Å². The Labute approximate surface area is 111 Å². The number of para-hydroxylation sites is 2. The van der Waals surface area contributed by atoms with Crippen molar-refractivity contribution in [3.8, 4) is 11.4 Å². The molecule has 3 aromatic rings. The Morgan fingerprint density at radius 3 is 2.21 bits per heavy atom. The number of benzene rings is 2. The Balaban J connectivity index is 2.17. The molecule has 0 saturated heterocycles. The van der Waals surface area contributed by atoms with Crippen LogP contribution in [0, 0.1) is 0 Å². The van der Waals surface area contributed by atoms with Gasteiger partial charge in [0.1, 0.15) is 5.69 Å². The monoisotopic (exact) mass is 251 g/mol. The summed E-state index contributed by atoms with van der Waals surface area (Å²) >= 11 is 0. The molecule has 19 heavy (non-hydrogen) atoms. The molecule has 0 aliphatic rings. The molecule has 1 aromatic heterocycles. The van der Waals surface area contributed by atoms with E-state index in [4.69, 9.17) is 0 Å². The summed E-state index contributed by atoms with van der Waals surface area (Å²) in [6.07, 6.45) is 0.812. The van der Waals surface area contributed by atoms with Crippen molar-refractivity contribution >= 4 is 0 Å². The lowest BCUT2D eigenvalue weighted by Gasteiger charge is -1.98. The Kier molecular flexibility index (Phi) is 3.06. The summed E-state index contributed by atoms with van der Waals surface area (Å²) in [5.74, 6) is 0.827. The van der Waals surface area contributed by atoms with Crippen molar-refractivity contribution in [3.63, 3.8) is 0 Å². The van der Waals surface area contributed by atoms with E-state index >= 15 is 0 Å². The number of aryl methyl sites for hydroxylation is 1. The molecule has 0 aliphatic carbocycles. The number of tetrazole rings is 1. The minimum absolute atomic E-state index is 0.812. The molecule has 0 spiro atoms. The molecular weight excluding hydrogens is 236 g/mol. The molecule has 0 aliphatic heterocycles. The maximum atomic E-state index is 4.54. The molecule has 1 heterocycles. The van der Waals surface area contributed by atoms with Gasteiger partial charge in [0.25, 0.3) is 0 Å². The van der Waals surface area contributed by atoms with E-state index in [9.17, 15) is 0 Å². The van der Waals surface area contributed by atoms with Crippen molar-refractivity contribution in [2.45, 2.75) is 13.3 Å². The molecule has 0 fully saturated rings. The van der Waals surface area contributed by atoms with Gasteiger partial charge in [-0.1, -0.05) is 43.3 Å². The van der Waals surface area contributed by atoms with Crippen LogP contribution in [-0.2, 0) is 6.42 Å². The van der Waals surface area contributed by atoms with Crippen LogP contribution in [0.5, 0.6) is 0 Å². The highest BCUT2D eigenvalue weighted by Gasteiger charge is 2.20. The summed E-state index contributed by atoms with van der Waals surface area (Å²) in [7, 11) is 0. The Bertz CT molecular complexity index is 602. The largest absolute Gasteiger partial charge is 0.309 e. The summed E-state index contributed by atoms with van der Waals surface area (Å²) in [6.45, 7) is 2.06. The van der Waals surface area contributed by atoms with Crippen LogP contribution in [0.1, 0.15) is 12.7 Å². The predicted molar refractivity (Wildman–Crippen MR) is 72.3 cm³/mol. The summed E-state index contributed by atoms with van der Waals surface area (Å²) < 4.78 is 0. The molecule has 0 unspecified atom stereocenters. The molecule has 0 atom stereocenters. The topological polar surface area (TPSA) is 34.6 Å². The zero-order valence-corrected chi connectivity index (χ0v) is 10.8. The molecule has 4 nitrogen and oxygen atoms in total. The van der Waals surface area contributed by atoms with E-state index in [0.717, 1.165) is 23.6 Å². The van der Waals surface area contributed by atoms with Gasteiger partial charge in [0, 0.05) is 11.2 Å². The van der Waals surface area contributed by atoms with Gasteiger partial charge in [-0.2, -0.15) is 0 Å². The number of nitrogens with zero attached hydrogens (tertiary/aromatic N) is 4. The zero-order chi connectivity index (χ0) is 13.1. The van der Waals surface area contributed by atoms with Crippen molar-refractivity contribution < 1.29 is 4.80 Å². The zero-order valence-electron chi connectivity index (χ0n) is 10.8. The van der Waals surface area contributed by atoms with Crippen LogP contribution in [0.3, 0.4) is 0 Å². The average molecular weight is 251 g/mol. The number of rotatable bonds is 3. The second-order valence-corrected chi connectivity index (χ2v) is 4.22. The van der Waals surface area contributed by atoms with E-state index in [2.05, 4.69) is 17.1 Å². The van der Waals surface area contributed by atoms with Gasteiger partial charge in [0.15, 0.2) is 5.69 Å². The highest BCUT2D eigenvalue weighted by Crippen LogP contribution is 2.05. The van der Waals surface area contributed by atoms with Gasteiger partial charge in [-0.05, 0) is 34.2 Å². The molecule has 0 bridgehead atoms. The van der Waals surface area contributed by atoms with E-state index in [0.29, 0.717) is 0 Å². The third-order valence-electron chi connectivity index (χ3n) is 2.89. The first kappa shape index (κ1) is 11.6. The molecule has 2 aromatic carbocycles. The SMILES string of the molecule is CCc1nn(-c2ccccc2)[n+](-c2ccccc2)n1. The van der Waals surface area contributed by atoms with Crippen molar-refractivity contribution in [1.82, 2.24) is 15.0 Å². The van der Waals surface area contributed by atoms with Crippen LogP contribution < -0.4 is 4.80 Å². The fourth-order valence-electron chi connectivity index (χ4n) is 1.92. The first-order chi connectivity index (χ1) is 9.38. The van der Waals surface area contributed by atoms with Crippen molar-refractivity contribution in [2.75, 3.05) is 0 Å². The summed E-state index contributed by atoms with van der Waals surface area (Å²) in [5, 5.41) is 9.09. The number of hydrogen-bond donors (Lipinski definition) is 0. The van der Waals surface area contributed by atoms with Gasteiger partial charge in [0.2, 0.25) is 0 Å². The smallest absolute Gasteiger partial charge is 0.0621 e. The standard InChI is InChI=1S/C15H15N4/c1-2-15-16-18(13-9-5-3-6-10-13)19(17-15)14-11-7-4-8-12-14/h3-12H,2H2,1H3/q+1. The van der Waals surface area contributed by atoms with Crippen LogP contribution in [-0.4, -0.2) is 15.0 Å². The summed E-state index contributed by atoms with van der Waals surface area (Å²) in [5.41, 5.74) is 2.00. The van der Waals surface area contributed by atoms with Crippen LogP contribution in [0.15, 0.2) is 60.7 Å². The second kappa shape index (κ2) is 5.02. The molecule has 0 saturated carbocycles. The maximum absolute atomic E-state index is 4.54. The lowest BCUT2D eigenvalue weighted by molar-refractivity contribution is -0.735. The molecular formula is C15H15N4+. The third-order valence-corrected chi connectivity index (χ3v) is 2.89. The predicted octanol–water partition coefficient (Wildman–Crippen LogP) is 2.11. The van der Waals surface area contributed by atoms with Crippen molar-refractivity contribution in [3.05, 3.63) is 66.5 Å². The van der Waals surface area contributed by atoms with Crippen LogP contribution in [0.4, 0.5) is 0 Å². The fourth-order valence-corrected chi connectivity index (χ4v) is 1.92. The van der Waals surface area contributed by atoms with Gasteiger partial charge >= 0.3 is 5.82 Å². The van der Waals surface area contributed by atoms with Crippen LogP contribution >= 0.6 is 0 Å². The van der Waals surface area contributed by atoms with E-state index in [1.54, 1.807) is 0 Å². The Hall–Kier alpha value is -2.49. The number of hydrogen-bond acceptors (Lipinski definition) is 2. The maximum Gasteiger partial charge on any atom is 0.309 e. The van der Waals surface area contributed by atoms with Crippen LogP contribution in [0.2, 0.25) is 0 Å². The number of aromatic nitrogens is 4. The van der Waals surface area contributed by atoms with Crippen LogP contribution in [0.25, 0.3) is 11.4 Å². The molecule has 0 amide bonds. The lowest BCUT2D eigenvalue weighted by atomic mass is 10.3. The molecule has 4 heteroatoms. The minimum atomic E-state index is 0.812. The molecule has 0 N–H and O–H groups in total. The quantitative estimate of drug-likeness (QED) is 0.668. The normalized spacial score (nSPS) is 10.6.